The standard InChI is InChI=1S/C16H18N2O5/c1-10-5-6-12(23-10)16(19)18-17-9-11-7-14(21-3)15(22-4)8-13(11)20-2/h5-9H,1-4H3,(H,18,19). The van der Waals surface area contributed by atoms with Gasteiger partial charge in [-0.15, -0.1) is 0 Å². The van der Waals surface area contributed by atoms with Crippen LogP contribution in [0.1, 0.15) is 21.9 Å². The number of rotatable bonds is 6. The summed E-state index contributed by atoms with van der Waals surface area (Å²) in [6.07, 6.45) is 1.45. The summed E-state index contributed by atoms with van der Waals surface area (Å²) in [7, 11) is 4.60. The summed E-state index contributed by atoms with van der Waals surface area (Å²) >= 11 is 0. The Morgan fingerprint density at radius 1 is 1.09 bits per heavy atom. The normalized spacial score (nSPS) is 10.6. The largest absolute Gasteiger partial charge is 0.496 e. The molecule has 0 aliphatic heterocycles. The molecule has 1 heterocycles. The molecule has 23 heavy (non-hydrogen) atoms. The molecule has 0 aliphatic carbocycles. The topological polar surface area (TPSA) is 82.3 Å². The molecule has 0 unspecified atom stereocenters. The van der Waals surface area contributed by atoms with E-state index in [-0.39, 0.29) is 5.76 Å². The first-order valence-electron chi connectivity index (χ1n) is 6.79. The molecule has 0 atom stereocenters. The maximum Gasteiger partial charge on any atom is 0.307 e. The number of nitrogens with one attached hydrogen (secondary N) is 1. The number of benzene rings is 1. The second kappa shape index (κ2) is 7.35. The fraction of sp³-hybridized carbons (Fsp3) is 0.250. The van der Waals surface area contributed by atoms with Gasteiger partial charge in [-0.05, 0) is 25.1 Å². The molecule has 0 saturated heterocycles. The molecule has 0 aliphatic rings. The Kier molecular flexibility index (Phi) is 5.24. The van der Waals surface area contributed by atoms with E-state index in [0.717, 1.165) is 0 Å². The van der Waals surface area contributed by atoms with Gasteiger partial charge in [0.1, 0.15) is 11.5 Å². The molecule has 122 valence electrons. The number of amides is 1. The summed E-state index contributed by atoms with van der Waals surface area (Å²) in [4.78, 5) is 11.8. The smallest absolute Gasteiger partial charge is 0.307 e. The van der Waals surface area contributed by atoms with Crippen molar-refractivity contribution in [1.82, 2.24) is 5.43 Å². The van der Waals surface area contributed by atoms with Gasteiger partial charge in [0.2, 0.25) is 0 Å². The van der Waals surface area contributed by atoms with Crippen LogP contribution in [-0.2, 0) is 0 Å². The van der Waals surface area contributed by atoms with Crippen molar-refractivity contribution >= 4 is 12.1 Å². The molecule has 2 rings (SSSR count). The van der Waals surface area contributed by atoms with Crippen LogP contribution >= 0.6 is 0 Å². The van der Waals surface area contributed by atoms with Gasteiger partial charge in [-0.1, -0.05) is 0 Å². The summed E-state index contributed by atoms with van der Waals surface area (Å²) in [5.41, 5.74) is 3.01. The van der Waals surface area contributed by atoms with Crippen LogP contribution in [0.25, 0.3) is 0 Å². The van der Waals surface area contributed by atoms with Crippen LogP contribution in [0.5, 0.6) is 17.2 Å². The summed E-state index contributed by atoms with van der Waals surface area (Å²) in [6, 6.07) is 6.66. The van der Waals surface area contributed by atoms with Crippen molar-refractivity contribution in [3.8, 4) is 17.2 Å². The summed E-state index contributed by atoms with van der Waals surface area (Å²) in [5, 5.41) is 3.91. The molecule has 0 radical (unpaired) electrons. The zero-order valence-corrected chi connectivity index (χ0v) is 13.4. The van der Waals surface area contributed by atoms with Crippen molar-refractivity contribution < 1.29 is 23.4 Å². The third-order valence-corrected chi connectivity index (χ3v) is 3.07. The lowest BCUT2D eigenvalue weighted by atomic mass is 10.2. The number of nitrogens with zero attached hydrogens (tertiary/aromatic N) is 1. The van der Waals surface area contributed by atoms with Gasteiger partial charge in [-0.25, -0.2) is 5.43 Å². The SMILES string of the molecule is COc1cc(OC)c(OC)cc1C=NNC(=O)c1ccc(C)o1. The predicted molar refractivity (Wildman–Crippen MR) is 84.6 cm³/mol. The number of hydrogen-bond donors (Lipinski definition) is 1. The van der Waals surface area contributed by atoms with E-state index in [4.69, 9.17) is 18.6 Å². The molecular weight excluding hydrogens is 300 g/mol. The van der Waals surface area contributed by atoms with Crippen LogP contribution in [0, 0.1) is 6.92 Å². The molecule has 1 aromatic heterocycles. The quantitative estimate of drug-likeness (QED) is 0.653. The maximum atomic E-state index is 11.8. The van der Waals surface area contributed by atoms with E-state index in [1.807, 2.05) is 0 Å². The van der Waals surface area contributed by atoms with E-state index >= 15 is 0 Å². The number of carbonyl (C=O) groups excluding carboxylic acids is 1. The van der Waals surface area contributed by atoms with Gasteiger partial charge >= 0.3 is 5.91 Å². The van der Waals surface area contributed by atoms with E-state index in [0.29, 0.717) is 28.6 Å². The van der Waals surface area contributed by atoms with Crippen molar-refractivity contribution in [2.24, 2.45) is 5.10 Å². The van der Waals surface area contributed by atoms with Crippen molar-refractivity contribution in [2.45, 2.75) is 6.92 Å². The van der Waals surface area contributed by atoms with Crippen molar-refractivity contribution in [3.05, 3.63) is 41.3 Å². The summed E-state index contributed by atoms with van der Waals surface area (Å²) in [5.74, 6) is 2.02. The molecule has 1 amide bonds. The van der Waals surface area contributed by atoms with Crippen LogP contribution in [-0.4, -0.2) is 33.5 Å². The Morgan fingerprint density at radius 3 is 2.30 bits per heavy atom. The number of ether oxygens (including phenoxy) is 3. The number of furan rings is 1. The monoisotopic (exact) mass is 318 g/mol. The fourth-order valence-electron chi connectivity index (χ4n) is 1.93. The second-order valence-electron chi connectivity index (χ2n) is 4.56. The predicted octanol–water partition coefficient (Wildman–Crippen LogP) is 2.38. The van der Waals surface area contributed by atoms with E-state index < -0.39 is 5.91 Å². The van der Waals surface area contributed by atoms with Gasteiger partial charge < -0.3 is 18.6 Å². The molecule has 7 nitrogen and oxygen atoms in total. The third kappa shape index (κ3) is 3.82. The highest BCUT2D eigenvalue weighted by atomic mass is 16.5. The van der Waals surface area contributed by atoms with Gasteiger partial charge in [0.05, 0.1) is 27.5 Å². The molecule has 0 spiro atoms. The number of aryl methyl sites for hydroxylation is 1. The van der Waals surface area contributed by atoms with E-state index in [1.54, 1.807) is 31.2 Å². The molecule has 0 saturated carbocycles. The van der Waals surface area contributed by atoms with Gasteiger partial charge in [-0.2, -0.15) is 5.10 Å². The minimum atomic E-state index is -0.436. The van der Waals surface area contributed by atoms with Gasteiger partial charge in [0, 0.05) is 11.6 Å². The van der Waals surface area contributed by atoms with E-state index in [1.165, 1.54) is 27.5 Å². The molecule has 1 aromatic carbocycles. The van der Waals surface area contributed by atoms with Gasteiger partial charge in [0.15, 0.2) is 17.3 Å². The van der Waals surface area contributed by atoms with E-state index in [9.17, 15) is 4.79 Å². The lowest BCUT2D eigenvalue weighted by molar-refractivity contribution is 0.0926. The Labute approximate surface area is 133 Å². The van der Waals surface area contributed by atoms with Crippen molar-refractivity contribution in [2.75, 3.05) is 21.3 Å². The minimum absolute atomic E-state index is 0.193. The maximum absolute atomic E-state index is 11.8. The average molecular weight is 318 g/mol. The molecule has 0 fully saturated rings. The fourth-order valence-corrected chi connectivity index (χ4v) is 1.93. The second-order valence-corrected chi connectivity index (χ2v) is 4.56. The Bertz CT molecular complexity index is 721. The Hall–Kier alpha value is -2.96. The first-order valence-corrected chi connectivity index (χ1v) is 6.79. The highest BCUT2D eigenvalue weighted by molar-refractivity contribution is 5.93. The zero-order chi connectivity index (χ0) is 16.8. The lowest BCUT2D eigenvalue weighted by Gasteiger charge is -2.11. The highest BCUT2D eigenvalue weighted by Crippen LogP contribution is 2.33. The molecular formula is C16H18N2O5. The first-order chi connectivity index (χ1) is 11.1. The first kappa shape index (κ1) is 16.4. The molecule has 0 bridgehead atoms. The number of methoxy groups -OCH3 is 3. The molecule has 1 N–H and O–H groups in total. The molecule has 2 aromatic rings. The summed E-state index contributed by atoms with van der Waals surface area (Å²) < 4.78 is 20.9. The third-order valence-electron chi connectivity index (χ3n) is 3.07. The minimum Gasteiger partial charge on any atom is -0.496 e. The zero-order valence-electron chi connectivity index (χ0n) is 13.4. The van der Waals surface area contributed by atoms with Gasteiger partial charge in [-0.3, -0.25) is 4.79 Å². The molecule has 7 heteroatoms. The van der Waals surface area contributed by atoms with Gasteiger partial charge in [0.25, 0.3) is 0 Å². The van der Waals surface area contributed by atoms with Crippen LogP contribution in [0.15, 0.2) is 33.8 Å². The summed E-state index contributed by atoms with van der Waals surface area (Å²) in [6.45, 7) is 1.76. The Balaban J connectivity index is 2.16. The highest BCUT2D eigenvalue weighted by Gasteiger charge is 2.11. The number of carbonyl (C=O) groups is 1. The number of hydrogen-bond acceptors (Lipinski definition) is 6. The Morgan fingerprint density at radius 2 is 1.74 bits per heavy atom. The van der Waals surface area contributed by atoms with Crippen LogP contribution in [0.2, 0.25) is 0 Å². The lowest BCUT2D eigenvalue weighted by Crippen LogP contribution is -2.16. The van der Waals surface area contributed by atoms with Crippen molar-refractivity contribution in [3.63, 3.8) is 0 Å². The van der Waals surface area contributed by atoms with E-state index in [2.05, 4.69) is 10.5 Å². The number of hydrazone groups is 1. The van der Waals surface area contributed by atoms with Crippen molar-refractivity contribution in [1.29, 1.82) is 0 Å². The van der Waals surface area contributed by atoms with Crippen LogP contribution in [0.3, 0.4) is 0 Å². The van der Waals surface area contributed by atoms with Crippen LogP contribution in [0.4, 0.5) is 0 Å². The average Bonchev–Trinajstić information content (AvgIpc) is 3.00. The van der Waals surface area contributed by atoms with Crippen LogP contribution < -0.4 is 19.6 Å².